The summed E-state index contributed by atoms with van der Waals surface area (Å²) < 4.78 is 0. The summed E-state index contributed by atoms with van der Waals surface area (Å²) in [4.78, 5) is 0. The fraction of sp³-hybridized carbons (Fsp3) is 0.684. The molecule has 0 radical (unpaired) electrons. The van der Waals surface area contributed by atoms with E-state index >= 15 is 0 Å². The minimum absolute atomic E-state index is 0.578. The summed E-state index contributed by atoms with van der Waals surface area (Å²) in [6, 6.07) is 11.7. The van der Waals surface area contributed by atoms with E-state index in [9.17, 15) is 0 Å². The maximum absolute atomic E-state index is 3.95. The average molecular weight is 304 g/mol. The van der Waals surface area contributed by atoms with Crippen LogP contribution < -0.4 is 5.32 Å². The van der Waals surface area contributed by atoms with E-state index in [1.807, 2.05) is 0 Å². The first-order valence-electron chi connectivity index (χ1n) is 8.83. The van der Waals surface area contributed by atoms with Crippen LogP contribution in [0.25, 0.3) is 0 Å². The lowest BCUT2D eigenvalue weighted by Gasteiger charge is -2.33. The Morgan fingerprint density at radius 1 is 0.952 bits per heavy atom. The summed E-state index contributed by atoms with van der Waals surface area (Å²) >= 11 is 2.18. The zero-order valence-corrected chi connectivity index (χ0v) is 13.9. The van der Waals surface area contributed by atoms with E-state index < -0.39 is 0 Å². The highest BCUT2D eigenvalue weighted by atomic mass is 32.2. The SMILES string of the molecule is c1ccc(C(NCC2CCCCS2)C2CCCCC2)cc1. The Bertz CT molecular complexity index is 393. The predicted octanol–water partition coefficient (Wildman–Crippen LogP) is 5.18. The van der Waals surface area contributed by atoms with Gasteiger partial charge in [-0.2, -0.15) is 11.8 Å². The van der Waals surface area contributed by atoms with Crippen molar-refractivity contribution in [2.75, 3.05) is 12.3 Å². The van der Waals surface area contributed by atoms with Crippen LogP contribution in [-0.2, 0) is 0 Å². The van der Waals surface area contributed by atoms with Crippen LogP contribution in [0.15, 0.2) is 30.3 Å². The highest BCUT2D eigenvalue weighted by Gasteiger charge is 2.25. The van der Waals surface area contributed by atoms with Crippen LogP contribution in [0.2, 0.25) is 0 Å². The normalized spacial score (nSPS) is 25.6. The molecule has 1 N–H and O–H groups in total. The summed E-state index contributed by atoms with van der Waals surface area (Å²) in [6.45, 7) is 1.20. The molecule has 0 spiro atoms. The Morgan fingerprint density at radius 3 is 2.43 bits per heavy atom. The van der Waals surface area contributed by atoms with Crippen molar-refractivity contribution in [3.63, 3.8) is 0 Å². The third-order valence-electron chi connectivity index (χ3n) is 5.12. The number of benzene rings is 1. The highest BCUT2D eigenvalue weighted by Crippen LogP contribution is 2.35. The molecule has 3 rings (SSSR count). The van der Waals surface area contributed by atoms with E-state index in [0.717, 1.165) is 11.2 Å². The first-order valence-corrected chi connectivity index (χ1v) is 9.88. The standard InChI is InChI=1S/C19H29NS/c1-3-9-16(10-4-1)19(17-11-5-2-6-12-17)20-15-18-13-7-8-14-21-18/h1,3-4,9-10,17-20H,2,5-8,11-15H2. The fourth-order valence-electron chi connectivity index (χ4n) is 3.91. The number of thioether (sulfide) groups is 1. The van der Waals surface area contributed by atoms with Gasteiger partial charge in [0.25, 0.3) is 0 Å². The molecule has 2 fully saturated rings. The predicted molar refractivity (Wildman–Crippen MR) is 93.9 cm³/mol. The molecule has 1 nitrogen and oxygen atoms in total. The molecule has 1 heterocycles. The average Bonchev–Trinajstić information content (AvgIpc) is 2.58. The lowest BCUT2D eigenvalue weighted by molar-refractivity contribution is 0.271. The van der Waals surface area contributed by atoms with Gasteiger partial charge in [0.15, 0.2) is 0 Å². The molecule has 1 saturated carbocycles. The van der Waals surface area contributed by atoms with Crippen molar-refractivity contribution < 1.29 is 0 Å². The summed E-state index contributed by atoms with van der Waals surface area (Å²) in [5.41, 5.74) is 1.50. The first kappa shape index (κ1) is 15.4. The first-order chi connectivity index (χ1) is 10.4. The smallest absolute Gasteiger partial charge is 0.0349 e. The van der Waals surface area contributed by atoms with Gasteiger partial charge in [-0.15, -0.1) is 0 Å². The molecule has 2 aliphatic rings. The molecule has 2 atom stereocenters. The zero-order chi connectivity index (χ0) is 14.3. The monoisotopic (exact) mass is 303 g/mol. The number of hydrogen-bond acceptors (Lipinski definition) is 2. The molecule has 1 aliphatic heterocycles. The fourth-order valence-corrected chi connectivity index (χ4v) is 5.16. The number of nitrogens with one attached hydrogen (secondary N) is 1. The molecule has 116 valence electrons. The van der Waals surface area contributed by atoms with Gasteiger partial charge in [0.1, 0.15) is 0 Å². The molecule has 1 saturated heterocycles. The van der Waals surface area contributed by atoms with Crippen LogP contribution in [-0.4, -0.2) is 17.5 Å². The molecule has 2 unspecified atom stereocenters. The molecule has 2 heteroatoms. The quantitative estimate of drug-likeness (QED) is 0.804. The summed E-state index contributed by atoms with van der Waals surface area (Å²) in [5.74, 6) is 2.21. The Balaban J connectivity index is 1.63. The van der Waals surface area contributed by atoms with Crippen LogP contribution >= 0.6 is 11.8 Å². The van der Waals surface area contributed by atoms with E-state index in [2.05, 4.69) is 47.4 Å². The van der Waals surface area contributed by atoms with Crippen LogP contribution in [0.5, 0.6) is 0 Å². The Hall–Kier alpha value is -0.470. The molecule has 0 amide bonds. The Labute approximate surface area is 134 Å². The maximum atomic E-state index is 3.95. The van der Waals surface area contributed by atoms with Crippen LogP contribution in [0, 0.1) is 5.92 Å². The topological polar surface area (TPSA) is 12.0 Å². The number of hydrogen-bond donors (Lipinski definition) is 1. The second-order valence-corrected chi connectivity index (χ2v) is 8.09. The molecular weight excluding hydrogens is 274 g/mol. The van der Waals surface area contributed by atoms with Gasteiger partial charge in [-0.25, -0.2) is 0 Å². The molecular formula is C19H29NS. The van der Waals surface area contributed by atoms with Crippen molar-refractivity contribution in [3.05, 3.63) is 35.9 Å². The second-order valence-electron chi connectivity index (χ2n) is 6.68. The van der Waals surface area contributed by atoms with Gasteiger partial charge >= 0.3 is 0 Å². The summed E-state index contributed by atoms with van der Waals surface area (Å²) in [6.07, 6.45) is 11.4. The minimum atomic E-state index is 0.578. The van der Waals surface area contributed by atoms with Crippen molar-refractivity contribution in [2.24, 2.45) is 5.92 Å². The Kier molecular flexibility index (Phi) is 6.05. The van der Waals surface area contributed by atoms with Crippen molar-refractivity contribution >= 4 is 11.8 Å². The van der Waals surface area contributed by atoms with Crippen LogP contribution in [0.3, 0.4) is 0 Å². The molecule has 1 aliphatic carbocycles. The van der Waals surface area contributed by atoms with Crippen LogP contribution in [0.1, 0.15) is 63.0 Å². The van der Waals surface area contributed by atoms with Gasteiger partial charge < -0.3 is 5.32 Å². The third-order valence-corrected chi connectivity index (χ3v) is 6.52. The molecule has 1 aromatic rings. The van der Waals surface area contributed by atoms with Gasteiger partial charge in [0, 0.05) is 17.8 Å². The van der Waals surface area contributed by atoms with Crippen molar-refractivity contribution in [3.8, 4) is 0 Å². The van der Waals surface area contributed by atoms with E-state index in [1.54, 1.807) is 0 Å². The maximum Gasteiger partial charge on any atom is 0.0349 e. The summed E-state index contributed by atoms with van der Waals surface area (Å²) in [7, 11) is 0. The highest BCUT2D eigenvalue weighted by molar-refractivity contribution is 7.99. The minimum Gasteiger partial charge on any atom is -0.309 e. The van der Waals surface area contributed by atoms with Crippen molar-refractivity contribution in [1.82, 2.24) is 5.32 Å². The third kappa shape index (κ3) is 4.50. The van der Waals surface area contributed by atoms with Gasteiger partial charge in [0.05, 0.1) is 0 Å². The van der Waals surface area contributed by atoms with Gasteiger partial charge in [-0.1, -0.05) is 56.0 Å². The van der Waals surface area contributed by atoms with Crippen LogP contribution in [0.4, 0.5) is 0 Å². The largest absolute Gasteiger partial charge is 0.309 e. The molecule has 21 heavy (non-hydrogen) atoms. The van der Waals surface area contributed by atoms with Crippen molar-refractivity contribution in [1.29, 1.82) is 0 Å². The number of rotatable bonds is 5. The molecule has 0 bridgehead atoms. The zero-order valence-electron chi connectivity index (χ0n) is 13.1. The van der Waals surface area contributed by atoms with E-state index in [0.29, 0.717) is 6.04 Å². The Morgan fingerprint density at radius 2 is 1.71 bits per heavy atom. The van der Waals surface area contributed by atoms with Gasteiger partial charge in [0.2, 0.25) is 0 Å². The van der Waals surface area contributed by atoms with Crippen molar-refractivity contribution in [2.45, 2.75) is 62.7 Å². The van der Waals surface area contributed by atoms with E-state index in [4.69, 9.17) is 0 Å². The lowest BCUT2D eigenvalue weighted by Crippen LogP contribution is -2.35. The van der Waals surface area contributed by atoms with E-state index in [-0.39, 0.29) is 0 Å². The molecule has 1 aromatic carbocycles. The summed E-state index contributed by atoms with van der Waals surface area (Å²) in [5, 5.41) is 4.80. The molecule has 0 aromatic heterocycles. The second kappa shape index (κ2) is 8.24. The van der Waals surface area contributed by atoms with Gasteiger partial charge in [-0.05, 0) is 42.9 Å². The van der Waals surface area contributed by atoms with Gasteiger partial charge in [-0.3, -0.25) is 0 Å². The lowest BCUT2D eigenvalue weighted by atomic mass is 9.81. The van der Waals surface area contributed by atoms with E-state index in [1.165, 1.54) is 69.2 Å².